The molecule has 0 aliphatic carbocycles. The van der Waals surface area contributed by atoms with Gasteiger partial charge in [-0.15, -0.1) is 0 Å². The Kier molecular flexibility index (Phi) is 18.4. The Morgan fingerprint density at radius 2 is 1.58 bits per heavy atom. The molecule has 1 aromatic rings. The van der Waals surface area contributed by atoms with Gasteiger partial charge in [0.05, 0.1) is 12.1 Å². The number of benzene rings is 1. The number of unbranched alkanes of at least 4 members (excludes halogenated alkanes) is 1. The molecule has 1 aromatic carbocycles. The molecular weight excluding hydrogens is 326 g/mol. The van der Waals surface area contributed by atoms with Gasteiger partial charge in [0.25, 0.3) is 0 Å². The smallest absolute Gasteiger partial charge is 0.238 e. The molecule has 2 atom stereocenters. The van der Waals surface area contributed by atoms with Gasteiger partial charge < -0.3 is 16.4 Å². The Balaban J connectivity index is 0. The summed E-state index contributed by atoms with van der Waals surface area (Å²) in [4.78, 5) is 24.1. The second-order valence-corrected chi connectivity index (χ2v) is 5.49. The van der Waals surface area contributed by atoms with Gasteiger partial charge in [-0.2, -0.15) is 0 Å². The normalized spacial score (nSPS) is 11.8. The van der Waals surface area contributed by atoms with Crippen LogP contribution < -0.4 is 16.4 Å². The summed E-state index contributed by atoms with van der Waals surface area (Å²) in [5.74, 6) is -0.153. The van der Waals surface area contributed by atoms with E-state index in [1.807, 2.05) is 58.0 Å². The number of carbonyl (C=O) groups excluding carboxylic acids is 2. The van der Waals surface area contributed by atoms with Crippen LogP contribution >= 0.6 is 0 Å². The summed E-state index contributed by atoms with van der Waals surface area (Å²) >= 11 is 0. The van der Waals surface area contributed by atoms with E-state index in [-0.39, 0.29) is 17.7 Å². The van der Waals surface area contributed by atoms with Gasteiger partial charge in [-0.25, -0.2) is 0 Å². The van der Waals surface area contributed by atoms with E-state index in [1.54, 1.807) is 7.05 Å². The predicted molar refractivity (Wildman–Crippen MR) is 111 cm³/mol. The Hall–Kier alpha value is -1.72. The molecule has 4 N–H and O–H groups in total. The van der Waals surface area contributed by atoms with E-state index in [0.717, 1.165) is 18.4 Å². The highest BCUT2D eigenvalue weighted by Gasteiger charge is 2.22. The maximum Gasteiger partial charge on any atom is 0.238 e. The van der Waals surface area contributed by atoms with Crippen molar-refractivity contribution in [1.82, 2.24) is 10.6 Å². The predicted octanol–water partition coefficient (Wildman–Crippen LogP) is 3.07. The lowest BCUT2D eigenvalue weighted by molar-refractivity contribution is -0.128. The number of hydrogen-bond acceptors (Lipinski definition) is 4. The Bertz CT molecular complexity index is 464. The molecule has 0 heterocycles. The van der Waals surface area contributed by atoms with Crippen molar-refractivity contribution in [2.75, 3.05) is 13.6 Å². The van der Waals surface area contributed by atoms with Crippen molar-refractivity contribution in [3.8, 4) is 0 Å². The van der Waals surface area contributed by atoms with E-state index in [4.69, 9.17) is 5.73 Å². The summed E-state index contributed by atoms with van der Waals surface area (Å²) in [5, 5.41) is 5.87. The first-order chi connectivity index (χ1) is 12.6. The molecule has 0 radical (unpaired) electrons. The summed E-state index contributed by atoms with van der Waals surface area (Å²) in [6.07, 6.45) is 2.93. The van der Waals surface area contributed by atoms with Gasteiger partial charge in [-0.1, -0.05) is 58.0 Å². The van der Waals surface area contributed by atoms with E-state index < -0.39 is 6.04 Å². The first-order valence-electron chi connectivity index (χ1n) is 9.80. The van der Waals surface area contributed by atoms with Crippen LogP contribution in [-0.2, 0) is 16.0 Å². The van der Waals surface area contributed by atoms with Crippen LogP contribution in [0.5, 0.6) is 0 Å². The minimum absolute atomic E-state index is 0.0139. The molecular formula is C21H39N3O2. The summed E-state index contributed by atoms with van der Waals surface area (Å²) in [7, 11) is 1.75. The Morgan fingerprint density at radius 1 is 1.00 bits per heavy atom. The van der Waals surface area contributed by atoms with Crippen molar-refractivity contribution in [2.45, 2.75) is 72.4 Å². The van der Waals surface area contributed by atoms with Crippen molar-refractivity contribution in [3.63, 3.8) is 0 Å². The number of likely N-dealkylation sites (N-methyl/N-ethyl adjacent to an activating group) is 1. The van der Waals surface area contributed by atoms with Crippen molar-refractivity contribution in [1.29, 1.82) is 0 Å². The van der Waals surface area contributed by atoms with Crippen LogP contribution in [0.25, 0.3) is 0 Å². The number of carbonyl (C=O) groups is 2. The molecule has 0 aliphatic heterocycles. The van der Waals surface area contributed by atoms with Gasteiger partial charge in [-0.3, -0.25) is 9.59 Å². The first-order valence-corrected chi connectivity index (χ1v) is 9.80. The van der Waals surface area contributed by atoms with Crippen molar-refractivity contribution in [3.05, 3.63) is 35.9 Å². The minimum Gasteiger partial charge on any atom is -0.345 e. The van der Waals surface area contributed by atoms with Crippen LogP contribution in [0, 0.1) is 0 Å². The number of nitrogens with one attached hydrogen (secondary N) is 2. The maximum atomic E-state index is 12.4. The van der Waals surface area contributed by atoms with Gasteiger partial charge in [0.1, 0.15) is 0 Å². The molecule has 0 bridgehead atoms. The molecule has 0 fully saturated rings. The topological polar surface area (TPSA) is 84.2 Å². The third kappa shape index (κ3) is 11.8. The van der Waals surface area contributed by atoms with E-state index in [0.29, 0.717) is 19.4 Å². The van der Waals surface area contributed by atoms with Gasteiger partial charge in [0.2, 0.25) is 5.91 Å². The van der Waals surface area contributed by atoms with Crippen molar-refractivity contribution >= 4 is 11.7 Å². The zero-order chi connectivity index (χ0) is 20.4. The van der Waals surface area contributed by atoms with E-state index in [1.165, 1.54) is 6.92 Å². The van der Waals surface area contributed by atoms with Crippen molar-refractivity contribution < 1.29 is 9.59 Å². The largest absolute Gasteiger partial charge is 0.345 e. The first kappa shape index (κ1) is 26.5. The Morgan fingerprint density at radius 3 is 2.04 bits per heavy atom. The molecule has 5 nitrogen and oxygen atoms in total. The van der Waals surface area contributed by atoms with E-state index in [9.17, 15) is 9.59 Å². The average molecular weight is 366 g/mol. The zero-order valence-electron chi connectivity index (χ0n) is 17.5. The molecule has 1 amide bonds. The number of hydrogen-bond donors (Lipinski definition) is 3. The second-order valence-electron chi connectivity index (χ2n) is 5.49. The van der Waals surface area contributed by atoms with Gasteiger partial charge in [0.15, 0.2) is 5.78 Å². The summed E-state index contributed by atoms with van der Waals surface area (Å²) in [5.41, 5.74) is 6.55. The van der Waals surface area contributed by atoms with Gasteiger partial charge >= 0.3 is 0 Å². The minimum atomic E-state index is -0.425. The van der Waals surface area contributed by atoms with Crippen LogP contribution in [0.3, 0.4) is 0 Å². The molecule has 5 heteroatoms. The van der Waals surface area contributed by atoms with E-state index >= 15 is 0 Å². The Labute approximate surface area is 160 Å². The number of Topliss-reactive ketones (excluding diaryl/α,β-unsaturated/α-hetero) is 1. The highest BCUT2D eigenvalue weighted by Crippen LogP contribution is 2.06. The number of rotatable bonds is 10. The number of ketones is 1. The highest BCUT2D eigenvalue weighted by atomic mass is 16.2. The van der Waals surface area contributed by atoms with Crippen LogP contribution in [0.15, 0.2) is 30.3 Å². The molecule has 0 spiro atoms. The fourth-order valence-electron chi connectivity index (χ4n) is 2.32. The van der Waals surface area contributed by atoms with Crippen LogP contribution in [0.1, 0.15) is 59.4 Å². The quantitative estimate of drug-likeness (QED) is 0.556. The lowest BCUT2D eigenvalue weighted by atomic mass is 10.0. The maximum absolute atomic E-state index is 12.4. The second kappa shape index (κ2) is 18.1. The summed E-state index contributed by atoms with van der Waals surface area (Å²) in [6.45, 7) is 10.1. The standard InChI is InChI=1S/C17H27N3O2.2C2H6/c1-13(21)15(10-6-7-11-18)20-17(22)16(19-2)12-14-8-4-3-5-9-14;2*1-2/h3-5,8-9,15-16,19H,6-7,10-12,18H2,1-2H3,(H,20,22);2*1-2H3. The molecule has 150 valence electrons. The number of nitrogens with two attached hydrogens (primary N) is 1. The SMILES string of the molecule is CC.CC.CNC(Cc1ccccc1)C(=O)NC(CCCCN)C(C)=O. The highest BCUT2D eigenvalue weighted by molar-refractivity contribution is 5.89. The third-order valence-electron chi connectivity index (χ3n) is 3.70. The van der Waals surface area contributed by atoms with E-state index in [2.05, 4.69) is 10.6 Å². The molecule has 0 aliphatic rings. The fraction of sp³-hybridized carbons (Fsp3) is 0.619. The summed E-state index contributed by atoms with van der Waals surface area (Å²) in [6, 6.07) is 9.05. The molecule has 1 rings (SSSR count). The van der Waals surface area contributed by atoms with Crippen LogP contribution in [-0.4, -0.2) is 37.4 Å². The molecule has 0 saturated carbocycles. The lowest BCUT2D eigenvalue weighted by Crippen LogP contribution is -2.49. The molecule has 0 saturated heterocycles. The zero-order valence-corrected chi connectivity index (χ0v) is 17.5. The van der Waals surface area contributed by atoms with Gasteiger partial charge in [0, 0.05) is 0 Å². The molecule has 26 heavy (non-hydrogen) atoms. The summed E-state index contributed by atoms with van der Waals surface area (Å²) < 4.78 is 0. The fourth-order valence-corrected chi connectivity index (χ4v) is 2.32. The molecule has 2 unspecified atom stereocenters. The lowest BCUT2D eigenvalue weighted by Gasteiger charge is -2.21. The third-order valence-corrected chi connectivity index (χ3v) is 3.70. The van der Waals surface area contributed by atoms with Crippen LogP contribution in [0.2, 0.25) is 0 Å². The number of amides is 1. The van der Waals surface area contributed by atoms with Gasteiger partial charge in [-0.05, 0) is 51.8 Å². The average Bonchev–Trinajstić information content (AvgIpc) is 2.69. The monoisotopic (exact) mass is 365 g/mol. The van der Waals surface area contributed by atoms with Crippen molar-refractivity contribution in [2.24, 2.45) is 5.73 Å². The molecule has 0 aromatic heterocycles. The van der Waals surface area contributed by atoms with Crippen LogP contribution in [0.4, 0.5) is 0 Å².